The first-order valence-electron chi connectivity index (χ1n) is 6.01. The highest BCUT2D eigenvalue weighted by atomic mass is 32.1. The summed E-state index contributed by atoms with van der Waals surface area (Å²) in [4.78, 5) is 30.8. The number of carbonyl (C=O) groups is 2. The van der Waals surface area contributed by atoms with Gasteiger partial charge in [-0.15, -0.1) is 11.3 Å². The number of carboxylic acid groups (broad SMARTS) is 1. The molecule has 0 spiro atoms. The lowest BCUT2D eigenvalue weighted by atomic mass is 10.2. The largest absolute Gasteiger partial charge is 0.477 e. The molecule has 2 aromatic rings. The van der Waals surface area contributed by atoms with Crippen LogP contribution >= 0.6 is 11.3 Å². The quantitative estimate of drug-likeness (QED) is 0.880. The van der Waals surface area contributed by atoms with Crippen molar-refractivity contribution in [3.8, 4) is 0 Å². The molecule has 1 atom stereocenters. The molecule has 20 heavy (non-hydrogen) atoms. The van der Waals surface area contributed by atoms with Crippen LogP contribution in [0.15, 0.2) is 29.9 Å². The minimum atomic E-state index is -1.16. The summed E-state index contributed by atoms with van der Waals surface area (Å²) in [5.74, 6) is -1.50. The number of aromatic nitrogens is 2. The fourth-order valence-corrected chi connectivity index (χ4v) is 2.45. The maximum absolute atomic E-state index is 12.1. The lowest BCUT2D eigenvalue weighted by molar-refractivity contribution is 0.0690. The number of carboxylic acids is 1. The van der Waals surface area contributed by atoms with Crippen LogP contribution in [0.1, 0.15) is 45.2 Å². The fourth-order valence-electron chi connectivity index (χ4n) is 1.68. The van der Waals surface area contributed by atoms with Gasteiger partial charge in [0.25, 0.3) is 5.91 Å². The third-order valence-electron chi connectivity index (χ3n) is 2.70. The normalized spacial score (nSPS) is 11.8. The Morgan fingerprint density at radius 3 is 2.80 bits per heavy atom. The summed E-state index contributed by atoms with van der Waals surface area (Å²) in [5.41, 5.74) is 0.118. The van der Waals surface area contributed by atoms with Gasteiger partial charge in [-0.05, 0) is 18.6 Å². The topological polar surface area (TPSA) is 92.2 Å². The molecule has 7 heteroatoms. The molecule has 0 saturated carbocycles. The molecule has 104 valence electrons. The second-order valence-corrected chi connectivity index (χ2v) is 4.97. The van der Waals surface area contributed by atoms with Gasteiger partial charge in [0.1, 0.15) is 10.7 Å². The molecular formula is C13H13N3O3S. The molecule has 0 saturated heterocycles. The zero-order valence-corrected chi connectivity index (χ0v) is 11.6. The van der Waals surface area contributed by atoms with Crippen molar-refractivity contribution in [2.45, 2.75) is 19.4 Å². The molecule has 0 aromatic carbocycles. The van der Waals surface area contributed by atoms with Crippen molar-refractivity contribution in [3.05, 3.63) is 46.2 Å². The van der Waals surface area contributed by atoms with E-state index < -0.39 is 5.97 Å². The van der Waals surface area contributed by atoms with Crippen molar-refractivity contribution < 1.29 is 14.7 Å². The number of amides is 1. The second kappa shape index (κ2) is 6.25. The van der Waals surface area contributed by atoms with E-state index in [1.54, 1.807) is 6.20 Å². The molecule has 0 aliphatic carbocycles. The van der Waals surface area contributed by atoms with E-state index in [1.807, 2.05) is 12.3 Å². The van der Waals surface area contributed by atoms with Crippen molar-refractivity contribution in [2.24, 2.45) is 0 Å². The van der Waals surface area contributed by atoms with Gasteiger partial charge in [0, 0.05) is 23.3 Å². The van der Waals surface area contributed by atoms with Gasteiger partial charge in [-0.2, -0.15) is 0 Å². The maximum Gasteiger partial charge on any atom is 0.354 e. The van der Waals surface area contributed by atoms with E-state index in [1.165, 1.54) is 29.7 Å². The summed E-state index contributed by atoms with van der Waals surface area (Å²) in [6, 6.07) is 2.56. The Bertz CT molecular complexity index is 613. The van der Waals surface area contributed by atoms with Crippen LogP contribution in [0.5, 0.6) is 0 Å². The third-order valence-corrected chi connectivity index (χ3v) is 3.59. The fraction of sp³-hybridized carbons (Fsp3) is 0.231. The number of aromatic carboxylic acids is 1. The lowest BCUT2D eigenvalue weighted by Gasteiger charge is -2.14. The number of nitrogens with one attached hydrogen (secondary N) is 1. The predicted molar refractivity (Wildman–Crippen MR) is 73.8 cm³/mol. The van der Waals surface area contributed by atoms with Crippen LogP contribution in [-0.4, -0.2) is 27.0 Å². The van der Waals surface area contributed by atoms with Crippen LogP contribution in [-0.2, 0) is 0 Å². The van der Waals surface area contributed by atoms with Crippen molar-refractivity contribution in [1.29, 1.82) is 0 Å². The van der Waals surface area contributed by atoms with E-state index in [-0.39, 0.29) is 23.2 Å². The number of thiazole rings is 1. The van der Waals surface area contributed by atoms with Crippen LogP contribution in [0.4, 0.5) is 0 Å². The number of hydrogen-bond acceptors (Lipinski definition) is 5. The summed E-state index contributed by atoms with van der Waals surface area (Å²) in [5, 5.41) is 14.4. The number of nitrogens with zero attached hydrogens (tertiary/aromatic N) is 2. The highest BCUT2D eigenvalue weighted by Gasteiger charge is 2.17. The molecule has 2 rings (SSSR count). The van der Waals surface area contributed by atoms with Crippen LogP contribution in [0.3, 0.4) is 0 Å². The lowest BCUT2D eigenvalue weighted by Crippen LogP contribution is -2.28. The summed E-state index contributed by atoms with van der Waals surface area (Å²) < 4.78 is 0. The highest BCUT2D eigenvalue weighted by molar-refractivity contribution is 7.09. The molecule has 0 fully saturated rings. The molecule has 2 N–H and O–H groups in total. The molecule has 1 unspecified atom stereocenters. The Morgan fingerprint density at radius 2 is 2.20 bits per heavy atom. The zero-order valence-electron chi connectivity index (χ0n) is 10.7. The van der Waals surface area contributed by atoms with E-state index in [9.17, 15) is 9.59 Å². The van der Waals surface area contributed by atoms with Gasteiger partial charge in [0.05, 0.1) is 6.04 Å². The minimum absolute atomic E-state index is 0.153. The van der Waals surface area contributed by atoms with Crippen LogP contribution < -0.4 is 5.32 Å². The number of rotatable bonds is 5. The third kappa shape index (κ3) is 3.18. The first-order valence-corrected chi connectivity index (χ1v) is 6.89. The first kappa shape index (κ1) is 14.1. The van der Waals surface area contributed by atoms with E-state index >= 15 is 0 Å². The van der Waals surface area contributed by atoms with Gasteiger partial charge in [0.2, 0.25) is 0 Å². The number of pyridine rings is 1. The van der Waals surface area contributed by atoms with Gasteiger partial charge < -0.3 is 10.4 Å². The Morgan fingerprint density at radius 1 is 1.40 bits per heavy atom. The summed E-state index contributed by atoms with van der Waals surface area (Å²) in [7, 11) is 0. The molecule has 2 aromatic heterocycles. The molecule has 6 nitrogen and oxygen atoms in total. The Balaban J connectivity index is 2.15. The Labute approximate surface area is 119 Å². The van der Waals surface area contributed by atoms with Crippen LogP contribution in [0.2, 0.25) is 0 Å². The smallest absolute Gasteiger partial charge is 0.354 e. The van der Waals surface area contributed by atoms with E-state index in [2.05, 4.69) is 15.3 Å². The van der Waals surface area contributed by atoms with Gasteiger partial charge >= 0.3 is 5.97 Å². The average Bonchev–Trinajstić information content (AvgIpc) is 2.98. The first-order chi connectivity index (χ1) is 9.61. The Hall–Kier alpha value is -2.28. The van der Waals surface area contributed by atoms with Crippen LogP contribution in [0, 0.1) is 0 Å². The summed E-state index contributed by atoms with van der Waals surface area (Å²) in [6.45, 7) is 1.95. The van der Waals surface area contributed by atoms with Gasteiger partial charge in [-0.3, -0.25) is 4.79 Å². The predicted octanol–water partition coefficient (Wildman–Crippen LogP) is 2.12. The zero-order chi connectivity index (χ0) is 14.5. The van der Waals surface area contributed by atoms with Crippen molar-refractivity contribution in [3.63, 3.8) is 0 Å². The monoisotopic (exact) mass is 291 g/mol. The second-order valence-electron chi connectivity index (χ2n) is 4.04. The molecular weight excluding hydrogens is 278 g/mol. The summed E-state index contributed by atoms with van der Waals surface area (Å²) >= 11 is 1.47. The van der Waals surface area contributed by atoms with Crippen molar-refractivity contribution in [2.75, 3.05) is 0 Å². The van der Waals surface area contributed by atoms with E-state index in [0.29, 0.717) is 6.42 Å². The molecule has 0 aliphatic heterocycles. The van der Waals surface area contributed by atoms with Gasteiger partial charge in [-0.1, -0.05) is 6.92 Å². The number of hydrogen-bond donors (Lipinski definition) is 2. The van der Waals surface area contributed by atoms with Gasteiger partial charge in [0.15, 0.2) is 0 Å². The van der Waals surface area contributed by atoms with Crippen molar-refractivity contribution in [1.82, 2.24) is 15.3 Å². The Kier molecular flexibility index (Phi) is 4.41. The number of carbonyl (C=O) groups excluding carboxylic acids is 1. The highest BCUT2D eigenvalue weighted by Crippen LogP contribution is 2.19. The van der Waals surface area contributed by atoms with Gasteiger partial charge in [-0.25, -0.2) is 14.8 Å². The standard InChI is InChI=1S/C13H13N3O3S/c1-2-9(12-15-5-6-20-12)16-11(17)8-3-4-14-10(7-8)13(18)19/h3-7,9H,2H2,1H3,(H,16,17)(H,18,19). The molecule has 1 amide bonds. The molecule has 0 bridgehead atoms. The molecule has 0 radical (unpaired) electrons. The SMILES string of the molecule is CCC(NC(=O)c1ccnc(C(=O)O)c1)c1nccs1. The van der Waals surface area contributed by atoms with E-state index in [0.717, 1.165) is 5.01 Å². The average molecular weight is 291 g/mol. The minimum Gasteiger partial charge on any atom is -0.477 e. The van der Waals surface area contributed by atoms with E-state index in [4.69, 9.17) is 5.11 Å². The van der Waals surface area contributed by atoms with Crippen molar-refractivity contribution >= 4 is 23.2 Å². The van der Waals surface area contributed by atoms with Crippen LogP contribution in [0.25, 0.3) is 0 Å². The maximum atomic E-state index is 12.1. The molecule has 0 aliphatic rings. The molecule has 2 heterocycles. The summed E-state index contributed by atoms with van der Waals surface area (Å²) in [6.07, 6.45) is 3.70.